The summed E-state index contributed by atoms with van der Waals surface area (Å²) in [6.07, 6.45) is 1.32. The number of rotatable bonds is 3. The smallest absolute Gasteiger partial charge is 0.302 e. The molecule has 0 radical (unpaired) electrons. The van der Waals surface area contributed by atoms with Gasteiger partial charge in [0.1, 0.15) is 0 Å². The van der Waals surface area contributed by atoms with Crippen LogP contribution in [-0.2, 0) is 14.3 Å². The summed E-state index contributed by atoms with van der Waals surface area (Å²) in [5.41, 5.74) is 0. The van der Waals surface area contributed by atoms with E-state index >= 15 is 0 Å². The molecule has 0 aliphatic carbocycles. The Kier molecular flexibility index (Phi) is 2.88. The first-order chi connectivity index (χ1) is 5.24. The highest BCUT2D eigenvalue weighted by Crippen LogP contribution is 2.22. The van der Waals surface area contributed by atoms with Gasteiger partial charge in [0.25, 0.3) is 0 Å². The first-order valence-corrected chi connectivity index (χ1v) is 3.99. The van der Waals surface area contributed by atoms with E-state index in [2.05, 4.69) is 6.92 Å². The molecule has 2 atom stereocenters. The monoisotopic (exact) mass is 158 g/mol. The van der Waals surface area contributed by atoms with Crippen molar-refractivity contribution in [3.63, 3.8) is 0 Å². The van der Waals surface area contributed by atoms with E-state index in [0.29, 0.717) is 18.6 Å². The van der Waals surface area contributed by atoms with Crippen molar-refractivity contribution in [3.8, 4) is 0 Å². The topological polar surface area (TPSA) is 35.5 Å². The van der Waals surface area contributed by atoms with Crippen molar-refractivity contribution < 1.29 is 14.3 Å². The highest BCUT2D eigenvalue weighted by molar-refractivity contribution is 5.65. The molecule has 2 unspecified atom stereocenters. The Morgan fingerprint density at radius 1 is 1.73 bits per heavy atom. The second-order valence-electron chi connectivity index (χ2n) is 2.84. The van der Waals surface area contributed by atoms with Crippen LogP contribution >= 0.6 is 0 Å². The van der Waals surface area contributed by atoms with E-state index in [0.717, 1.165) is 13.0 Å². The first-order valence-electron chi connectivity index (χ1n) is 3.99. The van der Waals surface area contributed by atoms with Gasteiger partial charge in [-0.15, -0.1) is 0 Å². The first kappa shape index (κ1) is 8.53. The fourth-order valence-electron chi connectivity index (χ4n) is 1.20. The summed E-state index contributed by atoms with van der Waals surface area (Å²) in [5, 5.41) is 0. The third-order valence-electron chi connectivity index (χ3n) is 1.95. The normalized spacial score (nSPS) is 29.3. The van der Waals surface area contributed by atoms with Gasteiger partial charge < -0.3 is 9.47 Å². The SMILES string of the molecule is CCC1OCC1COC(C)=O. The highest BCUT2D eigenvalue weighted by Gasteiger charge is 2.31. The van der Waals surface area contributed by atoms with Crippen LogP contribution in [0.15, 0.2) is 0 Å². The summed E-state index contributed by atoms with van der Waals surface area (Å²) < 4.78 is 10.1. The molecule has 64 valence electrons. The predicted molar refractivity (Wildman–Crippen MR) is 40.2 cm³/mol. The minimum absolute atomic E-state index is 0.202. The minimum atomic E-state index is -0.202. The maximum absolute atomic E-state index is 10.4. The van der Waals surface area contributed by atoms with Crippen molar-refractivity contribution in [1.82, 2.24) is 0 Å². The Bertz CT molecular complexity index is 142. The van der Waals surface area contributed by atoms with Crippen molar-refractivity contribution in [2.24, 2.45) is 5.92 Å². The van der Waals surface area contributed by atoms with Crippen molar-refractivity contribution >= 4 is 5.97 Å². The number of carbonyl (C=O) groups is 1. The lowest BCUT2D eigenvalue weighted by Gasteiger charge is -2.35. The molecule has 3 nitrogen and oxygen atoms in total. The van der Waals surface area contributed by atoms with Crippen LogP contribution in [-0.4, -0.2) is 25.3 Å². The Morgan fingerprint density at radius 2 is 2.45 bits per heavy atom. The molecule has 0 saturated carbocycles. The molecule has 0 N–H and O–H groups in total. The van der Waals surface area contributed by atoms with Gasteiger partial charge in [-0.1, -0.05) is 6.92 Å². The van der Waals surface area contributed by atoms with Gasteiger partial charge in [-0.3, -0.25) is 4.79 Å². The number of ether oxygens (including phenoxy) is 2. The average Bonchev–Trinajstić information content (AvgIpc) is 1.86. The van der Waals surface area contributed by atoms with Crippen LogP contribution in [0.1, 0.15) is 20.3 Å². The van der Waals surface area contributed by atoms with E-state index in [1.54, 1.807) is 0 Å². The maximum Gasteiger partial charge on any atom is 0.302 e. The van der Waals surface area contributed by atoms with E-state index in [-0.39, 0.29) is 5.97 Å². The quantitative estimate of drug-likeness (QED) is 0.574. The van der Waals surface area contributed by atoms with Gasteiger partial charge in [0.2, 0.25) is 0 Å². The van der Waals surface area contributed by atoms with Crippen LogP contribution in [0, 0.1) is 5.92 Å². The summed E-state index contributed by atoms with van der Waals surface area (Å²) in [5.74, 6) is 0.232. The zero-order valence-corrected chi connectivity index (χ0v) is 7.00. The van der Waals surface area contributed by atoms with Gasteiger partial charge in [0.05, 0.1) is 19.3 Å². The van der Waals surface area contributed by atoms with Crippen LogP contribution in [0.4, 0.5) is 0 Å². The number of carbonyl (C=O) groups excluding carboxylic acids is 1. The largest absolute Gasteiger partial charge is 0.465 e. The third-order valence-corrected chi connectivity index (χ3v) is 1.95. The molecule has 0 aromatic heterocycles. The minimum Gasteiger partial charge on any atom is -0.465 e. The molecule has 1 rings (SSSR count). The van der Waals surface area contributed by atoms with Gasteiger partial charge in [-0.05, 0) is 6.42 Å². The Morgan fingerprint density at radius 3 is 2.82 bits per heavy atom. The van der Waals surface area contributed by atoms with Gasteiger partial charge in [0.15, 0.2) is 0 Å². The Hall–Kier alpha value is -0.570. The molecular formula is C8H14O3. The second kappa shape index (κ2) is 3.72. The molecule has 11 heavy (non-hydrogen) atoms. The van der Waals surface area contributed by atoms with Crippen LogP contribution < -0.4 is 0 Å². The zero-order chi connectivity index (χ0) is 8.27. The van der Waals surface area contributed by atoms with Gasteiger partial charge in [-0.2, -0.15) is 0 Å². The van der Waals surface area contributed by atoms with Crippen LogP contribution in [0.25, 0.3) is 0 Å². The second-order valence-corrected chi connectivity index (χ2v) is 2.84. The fraction of sp³-hybridized carbons (Fsp3) is 0.875. The molecule has 0 bridgehead atoms. The molecule has 1 aliphatic heterocycles. The summed E-state index contributed by atoms with van der Waals surface area (Å²) >= 11 is 0. The fourth-order valence-corrected chi connectivity index (χ4v) is 1.20. The molecule has 3 heteroatoms. The van der Waals surface area contributed by atoms with E-state index in [9.17, 15) is 4.79 Å². The Labute approximate surface area is 66.7 Å². The summed E-state index contributed by atoms with van der Waals surface area (Å²) in [7, 11) is 0. The summed E-state index contributed by atoms with van der Waals surface area (Å²) in [6.45, 7) is 4.77. The molecule has 1 heterocycles. The lowest BCUT2D eigenvalue weighted by Crippen LogP contribution is -2.42. The number of hydrogen-bond donors (Lipinski definition) is 0. The lowest BCUT2D eigenvalue weighted by molar-refractivity contribution is -0.161. The van der Waals surface area contributed by atoms with Gasteiger partial charge in [-0.25, -0.2) is 0 Å². The van der Waals surface area contributed by atoms with E-state index in [4.69, 9.17) is 9.47 Å². The van der Waals surface area contributed by atoms with E-state index < -0.39 is 0 Å². The van der Waals surface area contributed by atoms with E-state index in [1.807, 2.05) is 0 Å². The van der Waals surface area contributed by atoms with Crippen molar-refractivity contribution in [1.29, 1.82) is 0 Å². The predicted octanol–water partition coefficient (Wildman–Crippen LogP) is 0.974. The van der Waals surface area contributed by atoms with Crippen molar-refractivity contribution in [2.75, 3.05) is 13.2 Å². The van der Waals surface area contributed by atoms with Crippen molar-refractivity contribution in [2.45, 2.75) is 26.4 Å². The molecule has 0 amide bonds. The third kappa shape index (κ3) is 2.19. The van der Waals surface area contributed by atoms with E-state index in [1.165, 1.54) is 6.92 Å². The standard InChI is InChI=1S/C8H14O3/c1-3-8-7(5-11-8)4-10-6(2)9/h7-8H,3-5H2,1-2H3. The van der Waals surface area contributed by atoms with Crippen LogP contribution in [0.2, 0.25) is 0 Å². The maximum atomic E-state index is 10.4. The molecular weight excluding hydrogens is 144 g/mol. The van der Waals surface area contributed by atoms with Gasteiger partial charge >= 0.3 is 5.97 Å². The summed E-state index contributed by atoms with van der Waals surface area (Å²) in [6, 6.07) is 0. The van der Waals surface area contributed by atoms with Gasteiger partial charge in [0, 0.05) is 12.8 Å². The number of esters is 1. The molecule has 1 aliphatic rings. The average molecular weight is 158 g/mol. The lowest BCUT2D eigenvalue weighted by atomic mass is 9.97. The molecule has 0 aromatic carbocycles. The molecule has 1 fully saturated rings. The molecule has 0 aromatic rings. The van der Waals surface area contributed by atoms with Crippen LogP contribution in [0.3, 0.4) is 0 Å². The highest BCUT2D eigenvalue weighted by atomic mass is 16.5. The number of hydrogen-bond acceptors (Lipinski definition) is 3. The van der Waals surface area contributed by atoms with Crippen LogP contribution in [0.5, 0.6) is 0 Å². The molecule has 0 spiro atoms. The zero-order valence-electron chi connectivity index (χ0n) is 7.00. The summed E-state index contributed by atoms with van der Waals surface area (Å²) in [4.78, 5) is 10.4. The van der Waals surface area contributed by atoms with Crippen molar-refractivity contribution in [3.05, 3.63) is 0 Å². The molecule has 1 saturated heterocycles. The Balaban J connectivity index is 2.12.